The molecular weight excluding hydrogens is 486 g/mol. The van der Waals surface area contributed by atoms with Crippen LogP contribution in [0.3, 0.4) is 0 Å². The Morgan fingerprint density at radius 2 is 1.91 bits per heavy atom. The first kappa shape index (κ1) is 21.9. The van der Waals surface area contributed by atoms with Gasteiger partial charge in [0.2, 0.25) is 0 Å². The van der Waals surface area contributed by atoms with Gasteiger partial charge in [-0.1, -0.05) is 28.4 Å². The van der Waals surface area contributed by atoms with Crippen LogP contribution in [-0.4, -0.2) is 28.9 Å². The van der Waals surface area contributed by atoms with Crippen molar-refractivity contribution >= 4 is 46.3 Å². The molecule has 1 N–H and O–H groups in total. The smallest absolute Gasteiger partial charge is 0.372 e. The molecule has 1 atom stereocenters. The van der Waals surface area contributed by atoms with Crippen LogP contribution in [0.4, 0.5) is 13.2 Å². The van der Waals surface area contributed by atoms with E-state index in [2.05, 4.69) is 10.5 Å². The molecule has 170 valence electrons. The molecule has 0 bridgehead atoms. The Labute approximate surface area is 196 Å². The van der Waals surface area contributed by atoms with Gasteiger partial charge in [0.15, 0.2) is 0 Å². The maximum atomic E-state index is 14.2. The molecule has 5 rings (SSSR count). The number of amides is 1. The zero-order valence-electron chi connectivity index (χ0n) is 16.6. The van der Waals surface area contributed by atoms with Gasteiger partial charge in [-0.3, -0.25) is 4.79 Å². The number of oxime groups is 1. The highest BCUT2D eigenvalue weighted by molar-refractivity contribution is 7.14. The third kappa shape index (κ3) is 3.74. The summed E-state index contributed by atoms with van der Waals surface area (Å²) in [5, 5.41) is 7.00. The Hall–Kier alpha value is -1.97. The summed E-state index contributed by atoms with van der Waals surface area (Å²) in [7, 11) is 0. The molecule has 32 heavy (non-hydrogen) atoms. The standard InChI is InChI=1S/C21H18Cl2F3N3O2S/c22-13-5-12(6-14(23)7-13)20(21(24,25)26)8-18(28-31-20)29-9-11-4-16(32-17(11)10-29)19(30)27-15-2-1-3-15/h4-7,15H,1-3,8-10H2,(H,27,30). The van der Waals surface area contributed by atoms with E-state index in [1.165, 1.54) is 29.5 Å². The number of thiophene rings is 1. The molecule has 3 aliphatic rings. The van der Waals surface area contributed by atoms with Crippen LogP contribution in [0.5, 0.6) is 0 Å². The summed E-state index contributed by atoms with van der Waals surface area (Å²) in [5.41, 5.74) is -1.92. The molecule has 2 aliphatic heterocycles. The highest BCUT2D eigenvalue weighted by Crippen LogP contribution is 2.50. The van der Waals surface area contributed by atoms with E-state index in [1.807, 2.05) is 6.07 Å². The zero-order chi connectivity index (χ0) is 22.7. The van der Waals surface area contributed by atoms with E-state index in [0.717, 1.165) is 29.7 Å². The van der Waals surface area contributed by atoms with Gasteiger partial charge in [-0.05, 0) is 49.1 Å². The Morgan fingerprint density at radius 3 is 2.50 bits per heavy atom. The number of carbonyl (C=O) groups excluding carboxylic acids is 1. The summed E-state index contributed by atoms with van der Waals surface area (Å²) in [6.07, 6.45) is -2.08. The molecule has 1 aromatic heterocycles. The fourth-order valence-electron chi connectivity index (χ4n) is 4.12. The minimum absolute atomic E-state index is 0.0869. The summed E-state index contributed by atoms with van der Waals surface area (Å²) in [5.74, 6) is 0.110. The molecule has 0 saturated heterocycles. The molecule has 1 fully saturated rings. The molecule has 3 heterocycles. The van der Waals surface area contributed by atoms with Crippen LogP contribution in [0.15, 0.2) is 29.4 Å². The molecular formula is C21H18Cl2F3N3O2S. The Balaban J connectivity index is 1.32. The predicted octanol–water partition coefficient (Wildman–Crippen LogP) is 5.84. The van der Waals surface area contributed by atoms with Gasteiger partial charge in [0, 0.05) is 33.1 Å². The highest BCUT2D eigenvalue weighted by Gasteiger charge is 2.63. The number of fused-ring (bicyclic) bond motifs is 1. The van der Waals surface area contributed by atoms with E-state index in [9.17, 15) is 18.0 Å². The lowest BCUT2D eigenvalue weighted by atomic mass is 9.89. The van der Waals surface area contributed by atoms with Crippen molar-refractivity contribution in [3.05, 3.63) is 55.2 Å². The van der Waals surface area contributed by atoms with E-state index in [0.29, 0.717) is 18.0 Å². The molecule has 2 aromatic rings. The number of hydrogen-bond donors (Lipinski definition) is 1. The van der Waals surface area contributed by atoms with Crippen molar-refractivity contribution in [2.75, 3.05) is 0 Å². The molecule has 0 radical (unpaired) electrons. The summed E-state index contributed by atoms with van der Waals surface area (Å²) in [6, 6.07) is 5.83. The number of benzene rings is 1. The summed E-state index contributed by atoms with van der Waals surface area (Å²) in [4.78, 5) is 20.8. The van der Waals surface area contributed by atoms with Crippen molar-refractivity contribution in [3.8, 4) is 0 Å². The van der Waals surface area contributed by atoms with Crippen LogP contribution in [-0.2, 0) is 23.5 Å². The van der Waals surface area contributed by atoms with Crippen molar-refractivity contribution in [3.63, 3.8) is 0 Å². The summed E-state index contributed by atoms with van der Waals surface area (Å²) >= 11 is 13.3. The van der Waals surface area contributed by atoms with Gasteiger partial charge < -0.3 is 15.1 Å². The molecule has 11 heteroatoms. The third-order valence-electron chi connectivity index (χ3n) is 6.12. The van der Waals surface area contributed by atoms with Crippen LogP contribution in [0.1, 0.15) is 51.4 Å². The number of alkyl halides is 3. The van der Waals surface area contributed by atoms with Crippen LogP contribution in [0.2, 0.25) is 10.0 Å². The maximum absolute atomic E-state index is 14.2. The fraction of sp³-hybridized carbons (Fsp3) is 0.429. The van der Waals surface area contributed by atoms with E-state index in [1.54, 1.807) is 4.90 Å². The van der Waals surface area contributed by atoms with E-state index in [4.69, 9.17) is 28.0 Å². The van der Waals surface area contributed by atoms with Crippen LogP contribution < -0.4 is 5.32 Å². The molecule has 1 aromatic carbocycles. The van der Waals surface area contributed by atoms with Crippen LogP contribution in [0.25, 0.3) is 0 Å². The molecule has 1 saturated carbocycles. The predicted molar refractivity (Wildman–Crippen MR) is 116 cm³/mol. The lowest BCUT2D eigenvalue weighted by Gasteiger charge is -2.30. The number of nitrogens with one attached hydrogen (secondary N) is 1. The van der Waals surface area contributed by atoms with Gasteiger partial charge in [-0.2, -0.15) is 13.2 Å². The first-order valence-corrected chi connectivity index (χ1v) is 11.7. The SMILES string of the molecule is O=C(NC1CCC1)c1cc2c(s1)CN(C1=NOC(c3cc(Cl)cc(Cl)c3)(C(F)(F)F)C1)C2. The van der Waals surface area contributed by atoms with Gasteiger partial charge in [-0.25, -0.2) is 0 Å². The third-order valence-corrected chi connectivity index (χ3v) is 7.72. The second kappa shape index (κ2) is 7.81. The quantitative estimate of drug-likeness (QED) is 0.571. The normalized spacial score (nSPS) is 22.9. The Morgan fingerprint density at radius 1 is 1.19 bits per heavy atom. The first-order chi connectivity index (χ1) is 15.1. The number of halogens is 5. The summed E-state index contributed by atoms with van der Waals surface area (Å²) < 4.78 is 42.5. The first-order valence-electron chi connectivity index (χ1n) is 10.1. The lowest BCUT2D eigenvalue weighted by molar-refractivity contribution is -0.275. The second-order valence-corrected chi connectivity index (χ2v) is 10.3. The molecule has 1 amide bonds. The monoisotopic (exact) mass is 503 g/mol. The number of carbonyl (C=O) groups is 1. The highest BCUT2D eigenvalue weighted by atomic mass is 35.5. The second-order valence-electron chi connectivity index (χ2n) is 8.27. The molecule has 5 nitrogen and oxygen atoms in total. The lowest BCUT2D eigenvalue weighted by Crippen LogP contribution is -2.43. The number of hydrogen-bond acceptors (Lipinski definition) is 5. The summed E-state index contributed by atoms with van der Waals surface area (Å²) in [6.45, 7) is 0.748. The van der Waals surface area contributed by atoms with Gasteiger partial charge in [0.05, 0.1) is 17.8 Å². The molecule has 1 unspecified atom stereocenters. The van der Waals surface area contributed by atoms with Crippen molar-refractivity contribution < 1.29 is 22.8 Å². The average molecular weight is 504 g/mol. The zero-order valence-corrected chi connectivity index (χ0v) is 19.0. The van der Waals surface area contributed by atoms with Crippen LogP contribution >= 0.6 is 34.5 Å². The number of rotatable bonds is 3. The van der Waals surface area contributed by atoms with Crippen molar-refractivity contribution in [2.24, 2.45) is 5.16 Å². The van der Waals surface area contributed by atoms with Gasteiger partial charge >= 0.3 is 6.18 Å². The Kier molecular flexibility index (Phi) is 5.34. The number of amidine groups is 1. The van der Waals surface area contributed by atoms with Gasteiger partial charge in [0.1, 0.15) is 5.84 Å². The van der Waals surface area contributed by atoms with Crippen molar-refractivity contribution in [1.29, 1.82) is 0 Å². The van der Waals surface area contributed by atoms with E-state index < -0.39 is 18.2 Å². The van der Waals surface area contributed by atoms with Crippen molar-refractivity contribution in [2.45, 2.75) is 56.6 Å². The van der Waals surface area contributed by atoms with Crippen molar-refractivity contribution in [1.82, 2.24) is 10.2 Å². The fourth-order valence-corrected chi connectivity index (χ4v) is 5.74. The van der Waals surface area contributed by atoms with Gasteiger partial charge in [-0.15, -0.1) is 11.3 Å². The average Bonchev–Trinajstić information content (AvgIpc) is 3.35. The maximum Gasteiger partial charge on any atom is 0.435 e. The Bertz CT molecular complexity index is 1070. The van der Waals surface area contributed by atoms with E-state index in [-0.39, 0.29) is 33.4 Å². The molecule has 1 aliphatic carbocycles. The molecule has 0 spiro atoms. The van der Waals surface area contributed by atoms with E-state index >= 15 is 0 Å². The minimum atomic E-state index is -4.73. The van der Waals surface area contributed by atoms with Gasteiger partial charge in [0.25, 0.3) is 11.5 Å². The number of nitrogens with zero attached hydrogens (tertiary/aromatic N) is 2. The minimum Gasteiger partial charge on any atom is -0.372 e. The topological polar surface area (TPSA) is 53.9 Å². The largest absolute Gasteiger partial charge is 0.435 e. The van der Waals surface area contributed by atoms with Crippen LogP contribution in [0, 0.1) is 0 Å².